The average Bonchev–Trinajstić information content (AvgIpc) is 2.24. The molecular formula is C13H15ClN2O2. The van der Waals surface area contributed by atoms with E-state index in [0.29, 0.717) is 5.69 Å². The standard InChI is InChI=1S/C13H15ClN2O2/c1-7(17)13(4)10-8(5-6-9(14)15-10)12(2,3)16-11(13)18/h5-6H,1-4H3,(H,16,18). The van der Waals surface area contributed by atoms with Crippen molar-refractivity contribution in [3.63, 3.8) is 0 Å². The predicted octanol–water partition coefficient (Wildman–Crippen LogP) is 1.95. The van der Waals surface area contributed by atoms with Crippen LogP contribution >= 0.6 is 11.6 Å². The summed E-state index contributed by atoms with van der Waals surface area (Å²) in [5.74, 6) is -0.575. The average molecular weight is 267 g/mol. The van der Waals surface area contributed by atoms with Crippen molar-refractivity contribution in [1.82, 2.24) is 10.3 Å². The number of ketones is 1. The van der Waals surface area contributed by atoms with Crippen LogP contribution in [0.15, 0.2) is 12.1 Å². The van der Waals surface area contributed by atoms with E-state index in [2.05, 4.69) is 10.3 Å². The minimum atomic E-state index is -1.27. The summed E-state index contributed by atoms with van der Waals surface area (Å²) in [6.07, 6.45) is 0. The highest BCUT2D eigenvalue weighted by molar-refractivity contribution is 6.29. The zero-order valence-corrected chi connectivity index (χ0v) is 11.6. The molecule has 0 bridgehead atoms. The summed E-state index contributed by atoms with van der Waals surface area (Å²) in [4.78, 5) is 28.3. The van der Waals surface area contributed by atoms with Gasteiger partial charge in [-0.25, -0.2) is 4.98 Å². The number of Topliss-reactive ketones (excluding diaryl/α,β-unsaturated/α-hetero) is 1. The number of aromatic nitrogens is 1. The Labute approximate surface area is 111 Å². The van der Waals surface area contributed by atoms with E-state index >= 15 is 0 Å². The fourth-order valence-corrected chi connectivity index (χ4v) is 2.38. The van der Waals surface area contributed by atoms with Gasteiger partial charge in [0.25, 0.3) is 0 Å². The number of hydrogen-bond acceptors (Lipinski definition) is 3. The van der Waals surface area contributed by atoms with Crippen LogP contribution in [0.4, 0.5) is 0 Å². The molecule has 1 aromatic rings. The Bertz CT molecular complexity index is 554. The molecule has 1 aliphatic heterocycles. The molecule has 4 nitrogen and oxygen atoms in total. The highest BCUT2D eigenvalue weighted by atomic mass is 35.5. The van der Waals surface area contributed by atoms with E-state index in [-0.39, 0.29) is 16.8 Å². The Morgan fingerprint density at radius 3 is 2.50 bits per heavy atom. The third kappa shape index (κ3) is 1.63. The van der Waals surface area contributed by atoms with Crippen molar-refractivity contribution >= 4 is 23.3 Å². The van der Waals surface area contributed by atoms with Crippen molar-refractivity contribution < 1.29 is 9.59 Å². The molecule has 2 heterocycles. The number of carbonyl (C=O) groups is 2. The van der Waals surface area contributed by atoms with Crippen molar-refractivity contribution in [2.45, 2.75) is 38.6 Å². The van der Waals surface area contributed by atoms with Crippen LogP contribution in [0.2, 0.25) is 5.15 Å². The van der Waals surface area contributed by atoms with Gasteiger partial charge in [-0.2, -0.15) is 0 Å². The van der Waals surface area contributed by atoms with E-state index in [0.717, 1.165) is 5.56 Å². The van der Waals surface area contributed by atoms with E-state index < -0.39 is 11.0 Å². The van der Waals surface area contributed by atoms with Crippen molar-refractivity contribution in [3.05, 3.63) is 28.5 Å². The van der Waals surface area contributed by atoms with E-state index in [4.69, 9.17) is 11.6 Å². The molecule has 1 amide bonds. The van der Waals surface area contributed by atoms with Crippen LogP contribution < -0.4 is 5.32 Å². The maximum absolute atomic E-state index is 12.2. The zero-order chi connectivity index (χ0) is 13.7. The lowest BCUT2D eigenvalue weighted by Crippen LogP contribution is -2.58. The summed E-state index contributed by atoms with van der Waals surface area (Å²) < 4.78 is 0. The maximum Gasteiger partial charge on any atom is 0.240 e. The molecular weight excluding hydrogens is 252 g/mol. The summed E-state index contributed by atoms with van der Waals surface area (Å²) in [7, 11) is 0. The Kier molecular flexibility index (Phi) is 2.74. The minimum Gasteiger partial charge on any atom is -0.346 e. The second kappa shape index (κ2) is 3.79. The summed E-state index contributed by atoms with van der Waals surface area (Å²) in [5.41, 5.74) is -0.546. The number of pyridine rings is 1. The van der Waals surface area contributed by atoms with Crippen molar-refractivity contribution in [2.24, 2.45) is 0 Å². The van der Waals surface area contributed by atoms with Crippen LogP contribution in [0.3, 0.4) is 0 Å². The van der Waals surface area contributed by atoms with Gasteiger partial charge in [-0.1, -0.05) is 17.7 Å². The van der Waals surface area contributed by atoms with E-state index in [9.17, 15) is 9.59 Å². The minimum absolute atomic E-state index is 0.244. The van der Waals surface area contributed by atoms with Crippen molar-refractivity contribution in [2.75, 3.05) is 0 Å². The van der Waals surface area contributed by atoms with E-state index in [1.165, 1.54) is 6.92 Å². The number of nitrogens with zero attached hydrogens (tertiary/aromatic N) is 1. The van der Waals surface area contributed by atoms with Crippen LogP contribution in [0.1, 0.15) is 39.0 Å². The Hall–Kier alpha value is -1.42. The number of nitrogens with one attached hydrogen (secondary N) is 1. The molecule has 1 atom stereocenters. The summed E-state index contributed by atoms with van der Waals surface area (Å²) in [6.45, 7) is 6.73. The Morgan fingerprint density at radius 1 is 1.33 bits per heavy atom. The third-order valence-corrected chi connectivity index (χ3v) is 3.80. The van der Waals surface area contributed by atoms with Gasteiger partial charge in [-0.3, -0.25) is 9.59 Å². The van der Waals surface area contributed by atoms with Gasteiger partial charge in [-0.05, 0) is 33.8 Å². The molecule has 0 radical (unpaired) electrons. The van der Waals surface area contributed by atoms with Crippen LogP contribution in [-0.2, 0) is 20.5 Å². The van der Waals surface area contributed by atoms with Gasteiger partial charge in [0.05, 0.1) is 11.2 Å². The Balaban J connectivity index is 2.79. The van der Waals surface area contributed by atoms with Crippen molar-refractivity contribution in [3.8, 4) is 0 Å². The van der Waals surface area contributed by atoms with Gasteiger partial charge in [0.2, 0.25) is 5.91 Å². The lowest BCUT2D eigenvalue weighted by Gasteiger charge is -2.41. The molecule has 0 fully saturated rings. The number of carbonyl (C=O) groups excluding carboxylic acids is 2. The van der Waals surface area contributed by atoms with Gasteiger partial charge >= 0.3 is 0 Å². The molecule has 18 heavy (non-hydrogen) atoms. The van der Waals surface area contributed by atoms with Crippen LogP contribution in [0.25, 0.3) is 0 Å². The molecule has 1 aliphatic rings. The SMILES string of the molecule is CC(=O)C1(C)C(=O)NC(C)(C)c2ccc(Cl)nc21. The molecule has 1 N–H and O–H groups in total. The molecule has 96 valence electrons. The molecule has 0 saturated carbocycles. The predicted molar refractivity (Wildman–Crippen MR) is 68.4 cm³/mol. The first-order valence-corrected chi connectivity index (χ1v) is 6.08. The largest absolute Gasteiger partial charge is 0.346 e. The van der Waals surface area contributed by atoms with Crippen LogP contribution in [0, 0.1) is 0 Å². The summed E-state index contributed by atoms with van der Waals surface area (Å²) >= 11 is 5.90. The van der Waals surface area contributed by atoms with Crippen LogP contribution in [-0.4, -0.2) is 16.7 Å². The Morgan fingerprint density at radius 2 is 1.94 bits per heavy atom. The fourth-order valence-electron chi connectivity index (χ4n) is 2.23. The monoisotopic (exact) mass is 266 g/mol. The van der Waals surface area contributed by atoms with Gasteiger partial charge in [0.1, 0.15) is 10.6 Å². The molecule has 5 heteroatoms. The first-order chi connectivity index (χ1) is 8.19. The first kappa shape index (κ1) is 13.0. The molecule has 2 rings (SSSR count). The number of halogens is 1. The van der Waals surface area contributed by atoms with Gasteiger partial charge < -0.3 is 5.32 Å². The third-order valence-electron chi connectivity index (χ3n) is 3.59. The quantitative estimate of drug-likeness (QED) is 0.624. The van der Waals surface area contributed by atoms with Gasteiger partial charge in [-0.15, -0.1) is 0 Å². The smallest absolute Gasteiger partial charge is 0.240 e. The van der Waals surface area contributed by atoms with Gasteiger partial charge in [0.15, 0.2) is 5.78 Å². The first-order valence-electron chi connectivity index (χ1n) is 5.71. The highest BCUT2D eigenvalue weighted by Crippen LogP contribution is 2.38. The summed E-state index contributed by atoms with van der Waals surface area (Å²) in [6, 6.07) is 3.48. The van der Waals surface area contributed by atoms with Crippen molar-refractivity contribution in [1.29, 1.82) is 0 Å². The van der Waals surface area contributed by atoms with Crippen LogP contribution in [0.5, 0.6) is 0 Å². The molecule has 0 aliphatic carbocycles. The number of hydrogen-bond donors (Lipinski definition) is 1. The van der Waals surface area contributed by atoms with E-state index in [1.807, 2.05) is 19.9 Å². The topological polar surface area (TPSA) is 59.1 Å². The highest BCUT2D eigenvalue weighted by Gasteiger charge is 2.50. The molecule has 0 spiro atoms. The lowest BCUT2D eigenvalue weighted by atomic mass is 9.72. The van der Waals surface area contributed by atoms with Gasteiger partial charge in [0, 0.05) is 5.56 Å². The zero-order valence-electron chi connectivity index (χ0n) is 10.8. The fraction of sp³-hybridized carbons (Fsp3) is 0.462. The maximum atomic E-state index is 12.2. The second-order valence-corrected chi connectivity index (χ2v) is 5.68. The molecule has 0 saturated heterocycles. The molecule has 1 aromatic heterocycles. The number of fused-ring (bicyclic) bond motifs is 1. The summed E-state index contributed by atoms with van der Waals surface area (Å²) in [5, 5.41) is 3.14. The normalized spacial score (nSPS) is 25.3. The molecule has 1 unspecified atom stereocenters. The lowest BCUT2D eigenvalue weighted by molar-refractivity contribution is -0.137. The number of rotatable bonds is 1. The molecule has 0 aromatic carbocycles. The number of amides is 1. The second-order valence-electron chi connectivity index (χ2n) is 5.29. The van der Waals surface area contributed by atoms with E-state index in [1.54, 1.807) is 13.0 Å².